The van der Waals surface area contributed by atoms with Crippen LogP contribution in [-0.2, 0) is 0 Å². The van der Waals surface area contributed by atoms with E-state index in [1.165, 1.54) is 17.6 Å². The summed E-state index contributed by atoms with van der Waals surface area (Å²) in [5.74, 6) is 0.192. The lowest BCUT2D eigenvalue weighted by Crippen LogP contribution is -1.91. The first-order valence-corrected chi connectivity index (χ1v) is 4.56. The number of phenols is 1. The van der Waals surface area contributed by atoms with Gasteiger partial charge in [0.1, 0.15) is 5.75 Å². The maximum atomic E-state index is 10.8. The summed E-state index contributed by atoms with van der Waals surface area (Å²) in [6.07, 6.45) is 0. The third kappa shape index (κ3) is 1.48. The number of nitrogens with one attached hydrogen (secondary N) is 1. The van der Waals surface area contributed by atoms with Gasteiger partial charge in [-0.05, 0) is 12.1 Å². The lowest BCUT2D eigenvalue weighted by molar-refractivity contribution is 0.477. The normalized spacial score (nSPS) is 10.2. The van der Waals surface area contributed by atoms with Crippen molar-refractivity contribution in [1.82, 2.24) is 4.37 Å². The monoisotopic (exact) mass is 193 g/mol. The van der Waals surface area contributed by atoms with Crippen LogP contribution in [0.2, 0.25) is 0 Å². The molecule has 0 aliphatic rings. The molecule has 1 aromatic carbocycles. The highest BCUT2D eigenvalue weighted by Crippen LogP contribution is 2.29. The Bertz CT molecular complexity index is 472. The second kappa shape index (κ2) is 3.06. The van der Waals surface area contributed by atoms with Gasteiger partial charge in [0.25, 0.3) is 5.56 Å². The summed E-state index contributed by atoms with van der Waals surface area (Å²) in [6, 6.07) is 8.40. The Kier molecular flexibility index (Phi) is 1.90. The Labute approximate surface area is 78.4 Å². The first-order chi connectivity index (χ1) is 6.27. The number of phenolic OH excluding ortho intramolecular Hbond substituents is 1. The SMILES string of the molecule is O=c1cc(-c2ccccc2O)s[nH]1. The average Bonchev–Trinajstić information content (AvgIpc) is 2.53. The zero-order valence-corrected chi connectivity index (χ0v) is 7.47. The second-order valence-corrected chi connectivity index (χ2v) is 3.44. The van der Waals surface area contributed by atoms with Crippen molar-refractivity contribution in [1.29, 1.82) is 0 Å². The number of hydrogen-bond donors (Lipinski definition) is 2. The van der Waals surface area contributed by atoms with Gasteiger partial charge in [-0.1, -0.05) is 23.7 Å². The van der Waals surface area contributed by atoms with E-state index in [-0.39, 0.29) is 11.3 Å². The van der Waals surface area contributed by atoms with Crippen molar-refractivity contribution in [3.8, 4) is 16.2 Å². The van der Waals surface area contributed by atoms with Gasteiger partial charge < -0.3 is 5.11 Å². The third-order valence-electron chi connectivity index (χ3n) is 1.69. The molecule has 0 atom stereocenters. The highest BCUT2D eigenvalue weighted by molar-refractivity contribution is 7.09. The van der Waals surface area contributed by atoms with Gasteiger partial charge in [-0.15, -0.1) is 0 Å². The summed E-state index contributed by atoms with van der Waals surface area (Å²) in [5.41, 5.74) is 0.550. The molecule has 0 aliphatic carbocycles. The molecule has 0 amide bonds. The molecule has 0 saturated carbocycles. The molecular weight excluding hydrogens is 186 g/mol. The lowest BCUT2D eigenvalue weighted by Gasteiger charge is -1.98. The number of aromatic hydroxyl groups is 1. The minimum atomic E-state index is -0.136. The van der Waals surface area contributed by atoms with Crippen LogP contribution in [0.3, 0.4) is 0 Å². The van der Waals surface area contributed by atoms with Crippen LogP contribution in [-0.4, -0.2) is 9.48 Å². The number of para-hydroxylation sites is 1. The molecule has 0 fully saturated rings. The van der Waals surface area contributed by atoms with Crippen molar-refractivity contribution >= 4 is 11.5 Å². The van der Waals surface area contributed by atoms with Crippen molar-refractivity contribution in [2.24, 2.45) is 0 Å². The first-order valence-electron chi connectivity index (χ1n) is 3.74. The van der Waals surface area contributed by atoms with Crippen LogP contribution in [0.5, 0.6) is 5.75 Å². The Morgan fingerprint density at radius 3 is 2.69 bits per heavy atom. The van der Waals surface area contributed by atoms with Crippen LogP contribution < -0.4 is 5.56 Å². The van der Waals surface area contributed by atoms with Crippen LogP contribution in [0.25, 0.3) is 10.4 Å². The molecule has 0 unspecified atom stereocenters. The van der Waals surface area contributed by atoms with E-state index < -0.39 is 0 Å². The standard InChI is InChI=1S/C9H7NO2S/c11-7-4-2-1-3-6(7)8-5-9(12)10-13-8/h1-5,11H,(H,10,12). The third-order valence-corrected chi connectivity index (χ3v) is 2.55. The average molecular weight is 193 g/mol. The van der Waals surface area contributed by atoms with Crippen LogP contribution in [0.1, 0.15) is 0 Å². The summed E-state index contributed by atoms with van der Waals surface area (Å²) >= 11 is 1.22. The highest BCUT2D eigenvalue weighted by atomic mass is 32.1. The van der Waals surface area contributed by atoms with E-state index in [1.807, 2.05) is 6.07 Å². The molecule has 2 N–H and O–H groups in total. The van der Waals surface area contributed by atoms with Gasteiger partial charge in [0.2, 0.25) is 0 Å². The van der Waals surface area contributed by atoms with Crippen molar-refractivity contribution < 1.29 is 5.11 Å². The predicted molar refractivity (Wildman–Crippen MR) is 52.0 cm³/mol. The summed E-state index contributed by atoms with van der Waals surface area (Å²) < 4.78 is 2.57. The van der Waals surface area contributed by atoms with Crippen molar-refractivity contribution in [2.45, 2.75) is 0 Å². The molecule has 0 aliphatic heterocycles. The number of rotatable bonds is 1. The molecule has 0 bridgehead atoms. The minimum absolute atomic E-state index is 0.136. The van der Waals surface area contributed by atoms with Gasteiger partial charge in [-0.2, -0.15) is 0 Å². The Hall–Kier alpha value is -1.55. The number of benzene rings is 1. The Balaban J connectivity index is 2.58. The minimum Gasteiger partial charge on any atom is -0.507 e. The fourth-order valence-electron chi connectivity index (χ4n) is 1.10. The second-order valence-electron chi connectivity index (χ2n) is 2.59. The molecule has 3 nitrogen and oxygen atoms in total. The molecule has 0 saturated heterocycles. The van der Waals surface area contributed by atoms with Crippen LogP contribution in [0.15, 0.2) is 35.1 Å². The number of aromatic nitrogens is 1. The summed E-state index contributed by atoms with van der Waals surface area (Å²) in [6.45, 7) is 0. The molecule has 0 radical (unpaired) electrons. The van der Waals surface area contributed by atoms with E-state index in [0.717, 1.165) is 4.88 Å². The van der Waals surface area contributed by atoms with Crippen LogP contribution in [0.4, 0.5) is 0 Å². The number of hydrogen-bond acceptors (Lipinski definition) is 3. The number of H-pyrrole nitrogens is 1. The lowest BCUT2D eigenvalue weighted by atomic mass is 10.2. The van der Waals surface area contributed by atoms with E-state index in [4.69, 9.17) is 0 Å². The molecule has 2 aromatic rings. The molecule has 1 aromatic heterocycles. The fraction of sp³-hybridized carbons (Fsp3) is 0. The van der Waals surface area contributed by atoms with Crippen molar-refractivity contribution in [2.75, 3.05) is 0 Å². The van der Waals surface area contributed by atoms with E-state index in [0.29, 0.717) is 5.56 Å². The zero-order valence-electron chi connectivity index (χ0n) is 6.65. The first kappa shape index (κ1) is 8.07. The maximum Gasteiger partial charge on any atom is 0.258 e. The van der Waals surface area contributed by atoms with E-state index in [9.17, 15) is 9.90 Å². The molecule has 4 heteroatoms. The summed E-state index contributed by atoms with van der Waals surface area (Å²) in [7, 11) is 0. The zero-order chi connectivity index (χ0) is 9.26. The predicted octanol–water partition coefficient (Wildman–Crippen LogP) is 1.81. The largest absolute Gasteiger partial charge is 0.507 e. The van der Waals surface area contributed by atoms with Gasteiger partial charge in [-0.3, -0.25) is 9.17 Å². The van der Waals surface area contributed by atoms with Gasteiger partial charge in [-0.25, -0.2) is 0 Å². The van der Waals surface area contributed by atoms with Crippen molar-refractivity contribution in [3.05, 3.63) is 40.7 Å². The molecule has 0 spiro atoms. The molecule has 2 rings (SSSR count). The van der Waals surface area contributed by atoms with Gasteiger partial charge in [0.05, 0.1) is 4.88 Å². The Morgan fingerprint density at radius 1 is 1.31 bits per heavy atom. The van der Waals surface area contributed by atoms with Crippen molar-refractivity contribution in [3.63, 3.8) is 0 Å². The van der Waals surface area contributed by atoms with Gasteiger partial charge in [0.15, 0.2) is 0 Å². The fourth-order valence-corrected chi connectivity index (χ4v) is 1.82. The van der Waals surface area contributed by atoms with E-state index in [1.54, 1.807) is 18.2 Å². The summed E-state index contributed by atoms with van der Waals surface area (Å²) in [4.78, 5) is 11.6. The van der Waals surface area contributed by atoms with Gasteiger partial charge >= 0.3 is 0 Å². The van der Waals surface area contributed by atoms with Crippen LogP contribution >= 0.6 is 11.5 Å². The quantitative estimate of drug-likeness (QED) is 0.725. The Morgan fingerprint density at radius 2 is 2.08 bits per heavy atom. The van der Waals surface area contributed by atoms with Crippen LogP contribution in [0, 0.1) is 0 Å². The van der Waals surface area contributed by atoms with Gasteiger partial charge in [0, 0.05) is 11.6 Å². The van der Waals surface area contributed by atoms with E-state index in [2.05, 4.69) is 4.37 Å². The molecule has 13 heavy (non-hydrogen) atoms. The smallest absolute Gasteiger partial charge is 0.258 e. The molecule has 1 heterocycles. The highest BCUT2D eigenvalue weighted by Gasteiger charge is 2.04. The summed E-state index contributed by atoms with van der Waals surface area (Å²) in [5, 5.41) is 9.46. The number of aromatic amines is 1. The molecule has 66 valence electrons. The molecular formula is C9H7NO2S. The van der Waals surface area contributed by atoms with E-state index >= 15 is 0 Å². The topological polar surface area (TPSA) is 53.1 Å². The maximum absolute atomic E-state index is 10.8.